The Hall–Kier alpha value is -3.61. The lowest BCUT2D eigenvalue weighted by Gasteiger charge is -2.57. The van der Waals surface area contributed by atoms with Crippen LogP contribution >= 0.6 is 0 Å². The number of rotatable bonds is 4. The molecule has 4 aromatic rings. The van der Waals surface area contributed by atoms with Crippen molar-refractivity contribution in [3.05, 3.63) is 70.3 Å². The molecule has 2 fully saturated rings. The maximum Gasteiger partial charge on any atom is 0.272 e. The van der Waals surface area contributed by atoms with Crippen molar-refractivity contribution < 1.29 is 9.53 Å². The fraction of sp³-hybridized carbons (Fsp3) is 0.346. The zero-order valence-electron chi connectivity index (χ0n) is 18.7. The second-order valence-electron chi connectivity index (χ2n) is 9.68. The van der Waals surface area contributed by atoms with Crippen LogP contribution < -0.4 is 15.6 Å². The Kier molecular flexibility index (Phi) is 4.37. The molecule has 33 heavy (non-hydrogen) atoms. The zero-order chi connectivity index (χ0) is 22.7. The Morgan fingerprint density at radius 3 is 2.64 bits per heavy atom. The fourth-order valence-electron chi connectivity index (χ4n) is 5.96. The normalized spacial score (nSPS) is 23.9. The van der Waals surface area contributed by atoms with E-state index in [1.807, 2.05) is 60.1 Å². The van der Waals surface area contributed by atoms with Crippen LogP contribution in [0.25, 0.3) is 21.7 Å². The first-order valence-corrected chi connectivity index (χ1v) is 11.4. The maximum atomic E-state index is 13.0. The van der Waals surface area contributed by atoms with Gasteiger partial charge >= 0.3 is 0 Å². The fourth-order valence-corrected chi connectivity index (χ4v) is 5.96. The molecule has 2 aromatic heterocycles. The molecular formula is C26H26N4O3. The highest BCUT2D eigenvalue weighted by Gasteiger charge is 2.54. The number of benzene rings is 2. The van der Waals surface area contributed by atoms with Crippen LogP contribution in [0.3, 0.4) is 0 Å². The highest BCUT2D eigenvalue weighted by molar-refractivity contribution is 5.99. The third-order valence-corrected chi connectivity index (χ3v) is 7.65. The van der Waals surface area contributed by atoms with Crippen LogP contribution in [0.1, 0.15) is 47.8 Å². The number of aromatic nitrogens is 3. The predicted octanol–water partition coefficient (Wildman–Crippen LogP) is 3.88. The molecule has 0 radical (unpaired) electrons. The summed E-state index contributed by atoms with van der Waals surface area (Å²) in [4.78, 5) is 25.0. The summed E-state index contributed by atoms with van der Waals surface area (Å²) >= 11 is 0. The second-order valence-corrected chi connectivity index (χ2v) is 9.68. The van der Waals surface area contributed by atoms with Crippen LogP contribution in [0.4, 0.5) is 0 Å². The molecule has 2 saturated carbocycles. The predicted molar refractivity (Wildman–Crippen MR) is 127 cm³/mol. The number of fused-ring (bicyclic) bond motifs is 2. The van der Waals surface area contributed by atoms with Gasteiger partial charge < -0.3 is 14.6 Å². The first-order chi connectivity index (χ1) is 16.0. The average molecular weight is 443 g/mol. The van der Waals surface area contributed by atoms with E-state index in [4.69, 9.17) is 4.74 Å². The molecule has 7 nitrogen and oxygen atoms in total. The number of hydrogen-bond acceptors (Lipinski definition) is 4. The van der Waals surface area contributed by atoms with Crippen molar-refractivity contribution in [3.63, 3.8) is 0 Å². The summed E-state index contributed by atoms with van der Waals surface area (Å²) in [5.74, 6) is 1.11. The van der Waals surface area contributed by atoms with Gasteiger partial charge in [-0.1, -0.05) is 18.2 Å². The summed E-state index contributed by atoms with van der Waals surface area (Å²) in [6.45, 7) is 0. The number of amides is 1. The molecule has 2 heterocycles. The summed E-state index contributed by atoms with van der Waals surface area (Å²) in [5, 5.41) is 13.0. The number of aromatic amines is 1. The van der Waals surface area contributed by atoms with Gasteiger partial charge in [0.1, 0.15) is 11.4 Å². The van der Waals surface area contributed by atoms with E-state index in [1.54, 1.807) is 7.11 Å². The zero-order valence-corrected chi connectivity index (χ0v) is 18.7. The monoisotopic (exact) mass is 442 g/mol. The molecule has 2 aliphatic carbocycles. The third kappa shape index (κ3) is 3.14. The molecule has 2 aromatic carbocycles. The largest absolute Gasteiger partial charge is 0.497 e. The van der Waals surface area contributed by atoms with Crippen LogP contribution in [0.5, 0.6) is 5.75 Å². The number of carbonyl (C=O) groups excluding carboxylic acids is 1. The lowest BCUT2D eigenvalue weighted by atomic mass is 9.49. The highest BCUT2D eigenvalue weighted by Crippen LogP contribution is 2.62. The first-order valence-electron chi connectivity index (χ1n) is 11.4. The molecule has 0 bridgehead atoms. The summed E-state index contributed by atoms with van der Waals surface area (Å²) in [6, 6.07) is 15.7. The van der Waals surface area contributed by atoms with Crippen molar-refractivity contribution in [2.45, 2.75) is 37.6 Å². The SMILES string of the molecule is COc1ccc2cc(C(=O)NC3CC4(C3)CC(c3n[nH]c(=O)c5ccccc35)C4)n(C)c2c1. The minimum absolute atomic E-state index is 0.0308. The van der Waals surface area contributed by atoms with Gasteiger partial charge in [-0.15, -0.1) is 0 Å². The number of carbonyl (C=O) groups is 1. The number of H-pyrrole nitrogens is 1. The van der Waals surface area contributed by atoms with Crippen molar-refractivity contribution in [1.82, 2.24) is 20.1 Å². The number of methoxy groups -OCH3 is 1. The molecule has 0 atom stereocenters. The highest BCUT2D eigenvalue weighted by atomic mass is 16.5. The van der Waals surface area contributed by atoms with Gasteiger partial charge in [0, 0.05) is 35.8 Å². The topological polar surface area (TPSA) is 89.0 Å². The molecule has 7 heteroatoms. The number of nitrogens with zero attached hydrogens (tertiary/aromatic N) is 2. The van der Waals surface area contributed by atoms with Crippen molar-refractivity contribution in [2.75, 3.05) is 7.11 Å². The minimum atomic E-state index is -0.137. The molecule has 168 valence electrons. The van der Waals surface area contributed by atoms with E-state index in [2.05, 4.69) is 15.5 Å². The molecule has 2 N–H and O–H groups in total. The Morgan fingerprint density at radius 2 is 1.88 bits per heavy atom. The number of ether oxygens (including phenoxy) is 1. The molecule has 2 aliphatic rings. The van der Waals surface area contributed by atoms with E-state index < -0.39 is 0 Å². The Bertz CT molecular complexity index is 1450. The van der Waals surface area contributed by atoms with Crippen molar-refractivity contribution in [2.24, 2.45) is 12.5 Å². The third-order valence-electron chi connectivity index (χ3n) is 7.65. The van der Waals surface area contributed by atoms with Gasteiger partial charge in [0.2, 0.25) is 0 Å². The Balaban J connectivity index is 1.12. The molecule has 1 spiro atoms. The lowest BCUT2D eigenvalue weighted by molar-refractivity contribution is -0.0197. The van der Waals surface area contributed by atoms with Gasteiger partial charge in [-0.05, 0) is 55.4 Å². The average Bonchev–Trinajstić information content (AvgIpc) is 3.11. The van der Waals surface area contributed by atoms with Crippen LogP contribution in [0, 0.1) is 5.41 Å². The molecule has 0 aliphatic heterocycles. The van der Waals surface area contributed by atoms with Crippen LogP contribution in [0.2, 0.25) is 0 Å². The molecular weight excluding hydrogens is 416 g/mol. The van der Waals surface area contributed by atoms with E-state index in [1.165, 1.54) is 0 Å². The van der Waals surface area contributed by atoms with Gasteiger partial charge in [0.15, 0.2) is 0 Å². The quantitative estimate of drug-likeness (QED) is 0.502. The first kappa shape index (κ1) is 20.0. The van der Waals surface area contributed by atoms with Gasteiger partial charge in [0.05, 0.1) is 23.7 Å². The molecule has 1 amide bonds. The van der Waals surface area contributed by atoms with E-state index in [0.717, 1.165) is 53.4 Å². The smallest absolute Gasteiger partial charge is 0.272 e. The lowest BCUT2D eigenvalue weighted by Crippen LogP contribution is -2.55. The standard InChI is InChI=1S/C26H26N4O3/c1-30-21-10-18(33-2)8-7-15(21)9-22(30)25(32)27-17-13-26(14-17)11-16(12-26)23-19-5-3-4-6-20(19)24(31)29-28-23/h3-10,16-17H,11-14H2,1-2H3,(H,27,32)(H,29,31). The van der Waals surface area contributed by atoms with E-state index >= 15 is 0 Å². The maximum absolute atomic E-state index is 13.0. The second kappa shape index (κ2) is 7.20. The van der Waals surface area contributed by atoms with E-state index in [-0.39, 0.29) is 22.9 Å². The molecule has 0 saturated heterocycles. The number of hydrogen-bond donors (Lipinski definition) is 2. The van der Waals surface area contributed by atoms with Gasteiger partial charge in [0.25, 0.3) is 11.5 Å². The molecule has 0 unspecified atom stereocenters. The van der Waals surface area contributed by atoms with E-state index in [0.29, 0.717) is 17.0 Å². The summed E-state index contributed by atoms with van der Waals surface area (Å²) in [5.41, 5.74) is 2.78. The van der Waals surface area contributed by atoms with Crippen molar-refractivity contribution in [1.29, 1.82) is 0 Å². The van der Waals surface area contributed by atoms with Crippen LogP contribution in [0.15, 0.2) is 53.3 Å². The van der Waals surface area contributed by atoms with Crippen LogP contribution in [-0.2, 0) is 7.05 Å². The summed E-state index contributed by atoms with van der Waals surface area (Å²) in [7, 11) is 3.56. The van der Waals surface area contributed by atoms with Gasteiger partial charge in [-0.25, -0.2) is 5.10 Å². The number of aryl methyl sites for hydroxylation is 1. The number of nitrogens with one attached hydrogen (secondary N) is 2. The van der Waals surface area contributed by atoms with Gasteiger partial charge in [-0.2, -0.15) is 5.10 Å². The van der Waals surface area contributed by atoms with E-state index in [9.17, 15) is 9.59 Å². The van der Waals surface area contributed by atoms with Crippen LogP contribution in [-0.4, -0.2) is 33.8 Å². The molecule has 6 rings (SSSR count). The summed E-state index contributed by atoms with van der Waals surface area (Å²) < 4.78 is 7.24. The minimum Gasteiger partial charge on any atom is -0.497 e. The van der Waals surface area contributed by atoms with Crippen molar-refractivity contribution in [3.8, 4) is 5.75 Å². The summed E-state index contributed by atoms with van der Waals surface area (Å²) in [6.07, 6.45) is 4.09. The van der Waals surface area contributed by atoms with Crippen molar-refractivity contribution >= 4 is 27.6 Å². The van der Waals surface area contributed by atoms with Gasteiger partial charge in [-0.3, -0.25) is 9.59 Å². The Labute approximate surface area is 190 Å². The Morgan fingerprint density at radius 1 is 1.12 bits per heavy atom.